The molecule has 2 aromatic rings. The monoisotopic (exact) mass is 363 g/mol. The maximum atomic E-state index is 12.4. The largest absolute Gasteiger partial charge is 0.434 e. The van der Waals surface area contributed by atoms with Gasteiger partial charge in [-0.25, -0.2) is 14.8 Å². The standard InChI is InChI=1S/C17H19F2N5O2/c18-15(19)26-14-5-2-1-4-13(14)12-22-17(25)24-10-8-23(9-11-24)16-20-6-3-7-21-16/h1-7,15H,8-12H2,(H,22,25). The number of ether oxygens (including phenoxy) is 1. The molecule has 9 heteroatoms. The van der Waals surface area contributed by atoms with Gasteiger partial charge in [0, 0.05) is 50.7 Å². The molecule has 1 saturated heterocycles. The molecule has 1 aliphatic heterocycles. The van der Waals surface area contributed by atoms with Crippen molar-refractivity contribution in [1.82, 2.24) is 20.2 Å². The van der Waals surface area contributed by atoms with Gasteiger partial charge < -0.3 is 19.9 Å². The fourth-order valence-electron chi connectivity index (χ4n) is 2.71. The van der Waals surface area contributed by atoms with Gasteiger partial charge in [0.05, 0.1) is 0 Å². The number of alkyl halides is 2. The topological polar surface area (TPSA) is 70.6 Å². The van der Waals surface area contributed by atoms with E-state index >= 15 is 0 Å². The molecule has 1 aromatic heterocycles. The number of rotatable bonds is 5. The fraction of sp³-hybridized carbons (Fsp3) is 0.353. The molecule has 7 nitrogen and oxygen atoms in total. The molecule has 0 atom stereocenters. The molecule has 2 amide bonds. The van der Waals surface area contributed by atoms with Crippen LogP contribution in [0.1, 0.15) is 5.56 Å². The van der Waals surface area contributed by atoms with Gasteiger partial charge in [-0.2, -0.15) is 8.78 Å². The van der Waals surface area contributed by atoms with Crippen molar-refractivity contribution in [3.8, 4) is 5.75 Å². The Labute approximate surface area is 149 Å². The lowest BCUT2D eigenvalue weighted by Crippen LogP contribution is -2.52. The minimum Gasteiger partial charge on any atom is -0.434 e. The Morgan fingerprint density at radius 1 is 1.12 bits per heavy atom. The van der Waals surface area contributed by atoms with Crippen molar-refractivity contribution in [1.29, 1.82) is 0 Å². The molecule has 1 aliphatic rings. The van der Waals surface area contributed by atoms with Crippen LogP contribution >= 0.6 is 0 Å². The van der Waals surface area contributed by atoms with Crippen molar-refractivity contribution in [3.05, 3.63) is 48.3 Å². The molecular formula is C17H19F2N5O2. The summed E-state index contributed by atoms with van der Waals surface area (Å²) in [5, 5.41) is 2.75. The SMILES string of the molecule is O=C(NCc1ccccc1OC(F)F)N1CCN(c2ncccn2)CC1. The van der Waals surface area contributed by atoms with Gasteiger partial charge in [0.2, 0.25) is 5.95 Å². The predicted molar refractivity (Wildman–Crippen MR) is 91.1 cm³/mol. The second-order valence-corrected chi connectivity index (χ2v) is 5.67. The van der Waals surface area contributed by atoms with Crippen molar-refractivity contribution in [2.75, 3.05) is 31.1 Å². The number of urea groups is 1. The van der Waals surface area contributed by atoms with Crippen LogP contribution in [-0.2, 0) is 6.54 Å². The Morgan fingerprint density at radius 2 is 1.81 bits per heavy atom. The summed E-state index contributed by atoms with van der Waals surface area (Å²) in [5.74, 6) is 0.708. The lowest BCUT2D eigenvalue weighted by Gasteiger charge is -2.34. The third-order valence-electron chi connectivity index (χ3n) is 4.02. The highest BCUT2D eigenvalue weighted by atomic mass is 19.3. The van der Waals surface area contributed by atoms with E-state index < -0.39 is 6.61 Å². The zero-order valence-electron chi connectivity index (χ0n) is 14.0. The number of amides is 2. The molecule has 0 radical (unpaired) electrons. The summed E-state index contributed by atoms with van der Waals surface area (Å²) < 4.78 is 29.3. The molecule has 26 heavy (non-hydrogen) atoms. The van der Waals surface area contributed by atoms with Gasteiger partial charge in [-0.05, 0) is 12.1 Å². The first kappa shape index (κ1) is 17.8. The highest BCUT2D eigenvalue weighted by Crippen LogP contribution is 2.20. The fourth-order valence-corrected chi connectivity index (χ4v) is 2.71. The van der Waals surface area contributed by atoms with E-state index in [-0.39, 0.29) is 18.3 Å². The number of aromatic nitrogens is 2. The first-order valence-corrected chi connectivity index (χ1v) is 8.21. The Morgan fingerprint density at radius 3 is 2.50 bits per heavy atom. The summed E-state index contributed by atoms with van der Waals surface area (Å²) in [6.07, 6.45) is 3.36. The summed E-state index contributed by atoms with van der Waals surface area (Å²) in [6, 6.07) is 7.91. The molecular weight excluding hydrogens is 344 g/mol. The predicted octanol–water partition coefficient (Wildman–Crippen LogP) is 2.11. The first-order chi connectivity index (χ1) is 12.6. The Hall–Kier alpha value is -2.97. The molecule has 3 rings (SSSR count). The highest BCUT2D eigenvalue weighted by molar-refractivity contribution is 5.74. The van der Waals surface area contributed by atoms with Crippen LogP contribution in [0.15, 0.2) is 42.7 Å². The maximum Gasteiger partial charge on any atom is 0.387 e. The summed E-state index contributed by atoms with van der Waals surface area (Å²) in [7, 11) is 0. The smallest absolute Gasteiger partial charge is 0.387 e. The van der Waals surface area contributed by atoms with Gasteiger partial charge in [-0.15, -0.1) is 0 Å². The second-order valence-electron chi connectivity index (χ2n) is 5.67. The number of halogens is 2. The summed E-state index contributed by atoms with van der Waals surface area (Å²) in [5.41, 5.74) is 0.498. The normalized spacial score (nSPS) is 14.4. The maximum absolute atomic E-state index is 12.4. The number of piperazine rings is 1. The van der Waals surface area contributed by atoms with Gasteiger partial charge >= 0.3 is 12.6 Å². The molecule has 138 valence electrons. The van der Waals surface area contributed by atoms with Gasteiger partial charge in [0.1, 0.15) is 5.75 Å². The van der Waals surface area contributed by atoms with Crippen molar-refractivity contribution in [3.63, 3.8) is 0 Å². The van der Waals surface area contributed by atoms with Crippen molar-refractivity contribution in [2.24, 2.45) is 0 Å². The van der Waals surface area contributed by atoms with Gasteiger partial charge in [-0.1, -0.05) is 18.2 Å². The van der Waals surface area contributed by atoms with Gasteiger partial charge in [0.25, 0.3) is 0 Å². The van der Waals surface area contributed by atoms with Gasteiger partial charge in [0.15, 0.2) is 0 Å². The van der Waals surface area contributed by atoms with E-state index in [1.165, 1.54) is 6.07 Å². The first-order valence-electron chi connectivity index (χ1n) is 8.21. The zero-order valence-corrected chi connectivity index (χ0v) is 14.0. The van der Waals surface area contributed by atoms with Crippen LogP contribution in [0.25, 0.3) is 0 Å². The number of nitrogens with zero attached hydrogens (tertiary/aromatic N) is 4. The Balaban J connectivity index is 1.51. The number of hydrogen-bond donors (Lipinski definition) is 1. The molecule has 1 aromatic carbocycles. The van der Waals surface area contributed by atoms with Crippen molar-refractivity contribution < 1.29 is 18.3 Å². The third kappa shape index (κ3) is 4.56. The molecule has 2 heterocycles. The number of nitrogens with one attached hydrogen (secondary N) is 1. The van der Waals surface area contributed by atoms with Crippen LogP contribution < -0.4 is 15.0 Å². The summed E-state index contributed by atoms with van der Waals surface area (Å²) in [4.78, 5) is 24.4. The van der Waals surface area contributed by atoms with Crippen LogP contribution in [-0.4, -0.2) is 53.7 Å². The third-order valence-corrected chi connectivity index (χ3v) is 4.02. The minimum atomic E-state index is -2.90. The van der Waals surface area contributed by atoms with E-state index in [0.29, 0.717) is 37.7 Å². The zero-order chi connectivity index (χ0) is 18.4. The number of benzene rings is 1. The van der Waals surface area contributed by atoms with E-state index in [0.717, 1.165) is 0 Å². The molecule has 1 N–H and O–H groups in total. The summed E-state index contributed by atoms with van der Waals surface area (Å²) in [6.45, 7) is -0.479. The van der Waals surface area contributed by atoms with E-state index in [1.54, 1.807) is 41.6 Å². The van der Waals surface area contributed by atoms with Crippen LogP contribution in [0, 0.1) is 0 Å². The van der Waals surface area contributed by atoms with E-state index in [4.69, 9.17) is 0 Å². The molecule has 1 fully saturated rings. The number of carbonyl (C=O) groups excluding carboxylic acids is 1. The van der Waals surface area contributed by atoms with Crippen molar-refractivity contribution in [2.45, 2.75) is 13.2 Å². The molecule has 0 aliphatic carbocycles. The minimum absolute atomic E-state index is 0.0637. The molecule has 0 saturated carbocycles. The number of carbonyl (C=O) groups is 1. The number of hydrogen-bond acceptors (Lipinski definition) is 5. The average molecular weight is 363 g/mol. The van der Waals surface area contributed by atoms with E-state index in [1.807, 2.05) is 4.90 Å². The van der Waals surface area contributed by atoms with Crippen LogP contribution in [0.4, 0.5) is 19.5 Å². The lowest BCUT2D eigenvalue weighted by atomic mass is 10.2. The Bertz CT molecular complexity index is 724. The van der Waals surface area contributed by atoms with Crippen LogP contribution in [0.3, 0.4) is 0 Å². The lowest BCUT2D eigenvalue weighted by molar-refractivity contribution is -0.0504. The molecule has 0 bridgehead atoms. The highest BCUT2D eigenvalue weighted by Gasteiger charge is 2.22. The van der Waals surface area contributed by atoms with Crippen molar-refractivity contribution >= 4 is 12.0 Å². The number of anilines is 1. The molecule has 0 spiro atoms. The van der Waals surface area contributed by atoms with E-state index in [9.17, 15) is 13.6 Å². The Kier molecular flexibility index (Phi) is 5.77. The van der Waals surface area contributed by atoms with E-state index in [2.05, 4.69) is 20.0 Å². The number of para-hydroxylation sites is 1. The summed E-state index contributed by atoms with van der Waals surface area (Å²) >= 11 is 0. The van der Waals surface area contributed by atoms with Crippen LogP contribution in [0.2, 0.25) is 0 Å². The second kappa shape index (κ2) is 8.41. The van der Waals surface area contributed by atoms with Gasteiger partial charge in [-0.3, -0.25) is 0 Å². The average Bonchev–Trinajstić information content (AvgIpc) is 2.67. The van der Waals surface area contributed by atoms with Crippen LogP contribution in [0.5, 0.6) is 5.75 Å². The quantitative estimate of drug-likeness (QED) is 0.881. The molecule has 0 unspecified atom stereocenters.